The van der Waals surface area contributed by atoms with E-state index in [0.29, 0.717) is 21.5 Å². The molecule has 0 radical (unpaired) electrons. The Bertz CT molecular complexity index is 1150. The van der Waals surface area contributed by atoms with E-state index in [4.69, 9.17) is 23.2 Å². The van der Waals surface area contributed by atoms with E-state index in [9.17, 15) is 17.6 Å². The van der Waals surface area contributed by atoms with Crippen LogP contribution in [0.2, 0.25) is 10.0 Å². The van der Waals surface area contributed by atoms with E-state index in [2.05, 4.69) is 10.0 Å². The molecule has 0 spiro atoms. The van der Waals surface area contributed by atoms with Gasteiger partial charge in [0, 0.05) is 27.2 Å². The maximum Gasteiger partial charge on any atom is 0.261 e. The van der Waals surface area contributed by atoms with Crippen LogP contribution in [0.1, 0.15) is 5.56 Å². The van der Waals surface area contributed by atoms with Crippen LogP contribution in [0.5, 0.6) is 0 Å². The van der Waals surface area contributed by atoms with Gasteiger partial charge in [-0.1, -0.05) is 29.3 Å². The van der Waals surface area contributed by atoms with Crippen LogP contribution in [-0.4, -0.2) is 20.1 Å². The summed E-state index contributed by atoms with van der Waals surface area (Å²) in [6.45, 7) is 0. The summed E-state index contributed by atoms with van der Waals surface area (Å²) >= 11 is 13.6. The standard InChI is InChI=1S/C21H17Cl2FN2O3S2/c22-19-2-1-3-20(23)18(19)12-30-13-21(27)25-15-8-10-17(11-9-15)31(28,29)26-16-6-4-14(24)5-7-16/h1-11,26H,12-13H2,(H,25,27). The Morgan fingerprint density at radius 2 is 1.48 bits per heavy atom. The van der Waals surface area contributed by atoms with E-state index in [-0.39, 0.29) is 22.2 Å². The van der Waals surface area contributed by atoms with Gasteiger partial charge in [0.25, 0.3) is 10.0 Å². The zero-order valence-electron chi connectivity index (χ0n) is 15.9. The number of halogens is 3. The first kappa shape index (κ1) is 23.4. The fraction of sp³-hybridized carbons (Fsp3) is 0.0952. The first-order valence-corrected chi connectivity index (χ1v) is 12.3. The molecule has 0 aliphatic rings. The molecule has 1 amide bonds. The molecule has 0 fully saturated rings. The molecule has 0 unspecified atom stereocenters. The Kier molecular flexibility index (Phi) is 7.83. The van der Waals surface area contributed by atoms with Crippen LogP contribution in [0, 0.1) is 5.82 Å². The SMILES string of the molecule is O=C(CSCc1c(Cl)cccc1Cl)Nc1ccc(S(=O)(=O)Nc2ccc(F)cc2)cc1. The number of carbonyl (C=O) groups excluding carboxylic acids is 1. The van der Waals surface area contributed by atoms with Crippen LogP contribution in [0.25, 0.3) is 0 Å². The summed E-state index contributed by atoms with van der Waals surface area (Å²) in [5, 5.41) is 3.80. The van der Waals surface area contributed by atoms with Gasteiger partial charge in [-0.2, -0.15) is 0 Å². The highest BCUT2D eigenvalue weighted by Gasteiger charge is 2.14. The number of carbonyl (C=O) groups is 1. The molecule has 3 rings (SSSR count). The molecule has 0 saturated heterocycles. The van der Waals surface area contributed by atoms with Crippen molar-refractivity contribution in [2.45, 2.75) is 10.6 Å². The quantitative estimate of drug-likeness (QED) is 0.411. The van der Waals surface area contributed by atoms with Crippen LogP contribution in [0.3, 0.4) is 0 Å². The molecule has 3 aromatic carbocycles. The molecule has 2 N–H and O–H groups in total. The maximum absolute atomic E-state index is 13.0. The molecule has 3 aromatic rings. The summed E-state index contributed by atoms with van der Waals surface area (Å²) < 4.78 is 40.2. The second-order valence-electron chi connectivity index (χ2n) is 6.38. The van der Waals surface area contributed by atoms with E-state index >= 15 is 0 Å². The highest BCUT2D eigenvalue weighted by molar-refractivity contribution is 7.99. The van der Waals surface area contributed by atoms with Gasteiger partial charge in [0.15, 0.2) is 0 Å². The van der Waals surface area contributed by atoms with E-state index in [1.807, 2.05) is 0 Å². The summed E-state index contributed by atoms with van der Waals surface area (Å²) in [7, 11) is -3.84. The van der Waals surface area contributed by atoms with Gasteiger partial charge >= 0.3 is 0 Å². The van der Waals surface area contributed by atoms with E-state index in [1.165, 1.54) is 48.2 Å². The molecule has 0 aromatic heterocycles. The number of sulfonamides is 1. The molecule has 0 atom stereocenters. The summed E-state index contributed by atoms with van der Waals surface area (Å²) in [5.41, 5.74) is 1.48. The molecule has 5 nitrogen and oxygen atoms in total. The number of rotatable bonds is 8. The van der Waals surface area contributed by atoms with Gasteiger partial charge in [0.05, 0.1) is 10.6 Å². The summed E-state index contributed by atoms with van der Waals surface area (Å²) in [4.78, 5) is 12.2. The molecular formula is C21H17Cl2FN2O3S2. The van der Waals surface area contributed by atoms with Crippen molar-refractivity contribution in [3.05, 3.63) is 88.2 Å². The van der Waals surface area contributed by atoms with Gasteiger partial charge in [-0.15, -0.1) is 11.8 Å². The summed E-state index contributed by atoms with van der Waals surface area (Å²) in [6.07, 6.45) is 0. The third-order valence-electron chi connectivity index (χ3n) is 4.09. The van der Waals surface area contributed by atoms with Crippen molar-refractivity contribution >= 4 is 62.3 Å². The minimum absolute atomic E-state index is 0.0116. The van der Waals surface area contributed by atoms with Gasteiger partial charge in [-0.25, -0.2) is 12.8 Å². The smallest absolute Gasteiger partial charge is 0.261 e. The average molecular weight is 499 g/mol. The molecular weight excluding hydrogens is 482 g/mol. The number of benzene rings is 3. The monoisotopic (exact) mass is 498 g/mol. The lowest BCUT2D eigenvalue weighted by Crippen LogP contribution is -2.15. The lowest BCUT2D eigenvalue weighted by molar-refractivity contribution is -0.113. The van der Waals surface area contributed by atoms with Crippen LogP contribution in [0.15, 0.2) is 71.6 Å². The lowest BCUT2D eigenvalue weighted by atomic mass is 10.2. The molecule has 0 aliphatic heterocycles. The van der Waals surface area contributed by atoms with Gasteiger partial charge in [0.2, 0.25) is 5.91 Å². The van der Waals surface area contributed by atoms with Gasteiger partial charge < -0.3 is 5.32 Å². The largest absolute Gasteiger partial charge is 0.325 e. The van der Waals surface area contributed by atoms with E-state index < -0.39 is 15.8 Å². The second kappa shape index (κ2) is 10.4. The van der Waals surface area contributed by atoms with Gasteiger partial charge in [0.1, 0.15) is 5.82 Å². The Balaban J connectivity index is 1.54. The normalized spacial score (nSPS) is 11.2. The highest BCUT2D eigenvalue weighted by atomic mass is 35.5. The zero-order chi connectivity index (χ0) is 22.4. The molecule has 0 heterocycles. The maximum atomic E-state index is 13.0. The number of hydrogen-bond acceptors (Lipinski definition) is 4. The van der Waals surface area contributed by atoms with Crippen LogP contribution in [-0.2, 0) is 20.6 Å². The Labute approximate surface area is 194 Å². The Morgan fingerprint density at radius 3 is 2.10 bits per heavy atom. The lowest BCUT2D eigenvalue weighted by Gasteiger charge is -2.10. The number of amides is 1. The van der Waals surface area contributed by atoms with Crippen molar-refractivity contribution in [2.24, 2.45) is 0 Å². The zero-order valence-corrected chi connectivity index (χ0v) is 19.1. The Hall–Kier alpha value is -2.26. The van der Waals surface area contributed by atoms with Crippen molar-refractivity contribution in [1.29, 1.82) is 0 Å². The van der Waals surface area contributed by atoms with E-state index in [0.717, 1.165) is 17.7 Å². The minimum atomic E-state index is -3.84. The van der Waals surface area contributed by atoms with E-state index in [1.54, 1.807) is 18.2 Å². The number of hydrogen-bond donors (Lipinski definition) is 2. The topological polar surface area (TPSA) is 75.3 Å². The minimum Gasteiger partial charge on any atom is -0.325 e. The van der Waals surface area contributed by atoms with Crippen molar-refractivity contribution in [3.8, 4) is 0 Å². The van der Waals surface area contributed by atoms with Crippen molar-refractivity contribution in [2.75, 3.05) is 15.8 Å². The van der Waals surface area contributed by atoms with Crippen molar-refractivity contribution < 1.29 is 17.6 Å². The Morgan fingerprint density at radius 1 is 0.903 bits per heavy atom. The predicted molar refractivity (Wildman–Crippen MR) is 125 cm³/mol. The summed E-state index contributed by atoms with van der Waals surface area (Å²) in [6, 6.07) is 15.9. The van der Waals surface area contributed by atoms with Crippen molar-refractivity contribution in [1.82, 2.24) is 0 Å². The van der Waals surface area contributed by atoms with Crippen LogP contribution in [0.4, 0.5) is 15.8 Å². The second-order valence-corrected chi connectivity index (χ2v) is 9.86. The first-order valence-electron chi connectivity index (χ1n) is 8.93. The summed E-state index contributed by atoms with van der Waals surface area (Å²) in [5.74, 6) is -0.0457. The van der Waals surface area contributed by atoms with Crippen molar-refractivity contribution in [3.63, 3.8) is 0 Å². The molecule has 10 heteroatoms. The molecule has 31 heavy (non-hydrogen) atoms. The predicted octanol–water partition coefficient (Wildman–Crippen LogP) is 5.81. The number of anilines is 2. The van der Waals surface area contributed by atoms with Gasteiger partial charge in [-0.3, -0.25) is 9.52 Å². The third-order valence-corrected chi connectivity index (χ3v) is 7.15. The highest BCUT2D eigenvalue weighted by Crippen LogP contribution is 2.28. The molecule has 162 valence electrons. The number of nitrogens with one attached hydrogen (secondary N) is 2. The van der Waals surface area contributed by atoms with Crippen LogP contribution < -0.4 is 10.0 Å². The molecule has 0 aliphatic carbocycles. The fourth-order valence-corrected chi connectivity index (χ4v) is 5.19. The molecule has 0 saturated carbocycles. The third kappa shape index (κ3) is 6.61. The number of thioether (sulfide) groups is 1. The molecule has 0 bridgehead atoms. The average Bonchev–Trinajstić information content (AvgIpc) is 2.72. The fourth-order valence-electron chi connectivity index (χ4n) is 2.56. The van der Waals surface area contributed by atoms with Gasteiger partial charge in [-0.05, 0) is 66.2 Å². The first-order chi connectivity index (χ1) is 14.7. The van der Waals surface area contributed by atoms with Crippen LogP contribution >= 0.6 is 35.0 Å².